The van der Waals surface area contributed by atoms with E-state index < -0.39 is 28.4 Å². The van der Waals surface area contributed by atoms with Gasteiger partial charge in [0.2, 0.25) is 10.0 Å². The van der Waals surface area contributed by atoms with Crippen LogP contribution in [0.1, 0.15) is 6.42 Å². The van der Waals surface area contributed by atoms with Crippen molar-refractivity contribution in [1.82, 2.24) is 4.31 Å². The fourth-order valence-corrected chi connectivity index (χ4v) is 2.62. The minimum Gasteiger partial charge on any atom is -0.246 e. The third kappa shape index (κ3) is 3.50. The fraction of sp³-hybridized carbons (Fsp3) is 0.625. The van der Waals surface area contributed by atoms with Crippen LogP contribution in [0.15, 0.2) is 11.8 Å². The summed E-state index contributed by atoms with van der Waals surface area (Å²) in [5.41, 5.74) is 0.616. The van der Waals surface area contributed by atoms with Gasteiger partial charge in [0.05, 0.1) is 18.7 Å². The van der Waals surface area contributed by atoms with Gasteiger partial charge in [0.25, 0.3) is 0 Å². The van der Waals surface area contributed by atoms with E-state index in [4.69, 9.17) is 6.57 Å². The van der Waals surface area contributed by atoms with Crippen LogP contribution in [0, 0.1) is 6.57 Å². The molecule has 0 aromatic rings. The average Bonchev–Trinajstić information content (AvgIpc) is 2.06. The lowest BCUT2D eigenvalue weighted by Gasteiger charge is -2.32. The van der Waals surface area contributed by atoms with Crippen LogP contribution in [-0.2, 0) is 10.0 Å². The highest BCUT2D eigenvalue weighted by Gasteiger charge is 2.35. The van der Waals surface area contributed by atoms with Gasteiger partial charge in [0.1, 0.15) is 0 Å². The molecule has 4 nitrogen and oxygen atoms in total. The molecule has 0 aliphatic carbocycles. The first-order chi connectivity index (χ1) is 7.24. The Morgan fingerprint density at radius 1 is 1.44 bits per heavy atom. The van der Waals surface area contributed by atoms with Crippen molar-refractivity contribution in [3.63, 3.8) is 0 Å². The van der Waals surface area contributed by atoms with Crippen molar-refractivity contribution < 1.29 is 21.6 Å². The lowest BCUT2D eigenvalue weighted by molar-refractivity contribution is -0.130. The number of hydrogen-bond donors (Lipinski definition) is 0. The molecule has 0 aromatic heterocycles. The third-order valence-electron chi connectivity index (χ3n) is 2.04. The Morgan fingerprint density at radius 3 is 2.44 bits per heavy atom. The summed E-state index contributed by atoms with van der Waals surface area (Å²) in [4.78, 5) is 2.95. The largest absolute Gasteiger partial charge is 0.390 e. The Balaban J connectivity index is 2.50. The molecule has 16 heavy (non-hydrogen) atoms. The van der Waals surface area contributed by atoms with E-state index in [1.165, 1.54) is 6.20 Å². The zero-order chi connectivity index (χ0) is 12.4. The molecule has 1 saturated heterocycles. The van der Waals surface area contributed by atoms with Gasteiger partial charge in [-0.15, -0.1) is 0 Å². The lowest BCUT2D eigenvalue weighted by Crippen LogP contribution is -2.45. The van der Waals surface area contributed by atoms with Gasteiger partial charge in [-0.3, -0.25) is 0 Å². The number of alkyl halides is 3. The Hall–Kier alpha value is -1.07. The first kappa shape index (κ1) is 13.0. The highest BCUT2D eigenvalue weighted by atomic mass is 32.2. The molecular weight excluding hydrogens is 245 g/mol. The summed E-state index contributed by atoms with van der Waals surface area (Å²) in [6.07, 6.45) is -4.61. The molecule has 0 saturated carbocycles. The summed E-state index contributed by atoms with van der Waals surface area (Å²) >= 11 is 0. The highest BCUT2D eigenvalue weighted by Crippen LogP contribution is 2.24. The summed E-state index contributed by atoms with van der Waals surface area (Å²) in [5.74, 6) is -0.929. The zero-order valence-electron chi connectivity index (χ0n) is 8.16. The molecule has 0 bridgehead atoms. The molecule has 1 heterocycles. The summed E-state index contributed by atoms with van der Waals surface area (Å²) in [7, 11) is -3.84. The van der Waals surface area contributed by atoms with E-state index in [0.717, 1.165) is 4.31 Å². The summed E-state index contributed by atoms with van der Waals surface area (Å²) in [6, 6.07) is 0. The van der Waals surface area contributed by atoms with E-state index in [9.17, 15) is 21.6 Å². The first-order valence-electron chi connectivity index (χ1n) is 4.34. The fourth-order valence-electron chi connectivity index (χ4n) is 1.15. The van der Waals surface area contributed by atoms with Crippen LogP contribution in [0.5, 0.6) is 0 Å². The van der Waals surface area contributed by atoms with E-state index in [-0.39, 0.29) is 13.1 Å². The first-order valence-corrected chi connectivity index (χ1v) is 5.94. The predicted molar refractivity (Wildman–Crippen MR) is 50.7 cm³/mol. The maximum atomic E-state index is 11.8. The predicted octanol–water partition coefficient (Wildman–Crippen LogP) is 1.39. The molecule has 0 radical (unpaired) electrons. The summed E-state index contributed by atoms with van der Waals surface area (Å²) < 4.78 is 59.1. The lowest BCUT2D eigenvalue weighted by atomic mass is 10.2. The molecule has 0 atom stereocenters. The average molecular weight is 254 g/mol. The number of sulfonamides is 1. The van der Waals surface area contributed by atoms with Crippen LogP contribution >= 0.6 is 0 Å². The zero-order valence-corrected chi connectivity index (χ0v) is 8.98. The SMILES string of the molecule is [C-]#[N+]C=C1CN(S(=O)(=O)CCC(F)(F)F)C1. The van der Waals surface area contributed by atoms with Crippen molar-refractivity contribution in [2.75, 3.05) is 18.8 Å². The van der Waals surface area contributed by atoms with E-state index in [1.54, 1.807) is 0 Å². The van der Waals surface area contributed by atoms with Gasteiger partial charge in [-0.05, 0) is 5.57 Å². The number of nitrogens with zero attached hydrogens (tertiary/aromatic N) is 2. The van der Waals surface area contributed by atoms with Crippen molar-refractivity contribution in [1.29, 1.82) is 0 Å². The molecule has 0 spiro atoms. The third-order valence-corrected chi connectivity index (χ3v) is 3.81. The quantitative estimate of drug-likeness (QED) is 0.714. The molecule has 0 unspecified atom stereocenters. The molecule has 8 heteroatoms. The van der Waals surface area contributed by atoms with Gasteiger partial charge >= 0.3 is 6.18 Å². The number of halogens is 3. The second kappa shape index (κ2) is 4.43. The van der Waals surface area contributed by atoms with Gasteiger partial charge in [-0.2, -0.15) is 17.5 Å². The van der Waals surface area contributed by atoms with Crippen molar-refractivity contribution >= 4 is 10.0 Å². The smallest absolute Gasteiger partial charge is 0.246 e. The maximum absolute atomic E-state index is 11.8. The van der Waals surface area contributed by atoms with E-state index in [2.05, 4.69) is 4.85 Å². The molecule has 0 amide bonds. The molecule has 0 N–H and O–H groups in total. The second-order valence-electron chi connectivity index (χ2n) is 3.37. The van der Waals surface area contributed by atoms with Crippen molar-refractivity contribution in [3.8, 4) is 0 Å². The topological polar surface area (TPSA) is 41.7 Å². The molecule has 1 fully saturated rings. The highest BCUT2D eigenvalue weighted by molar-refractivity contribution is 7.89. The van der Waals surface area contributed by atoms with Crippen molar-refractivity contribution in [2.24, 2.45) is 0 Å². The Morgan fingerprint density at radius 2 is 2.00 bits per heavy atom. The standard InChI is InChI=1S/C8H9F3N2O2S/c1-12-4-7-5-13(6-7)16(14,15)3-2-8(9,10)11/h4H,2-3,5-6H2. The Kier molecular flexibility index (Phi) is 3.60. The van der Waals surface area contributed by atoms with Crippen LogP contribution in [0.4, 0.5) is 13.2 Å². The maximum Gasteiger partial charge on any atom is 0.390 e. The van der Waals surface area contributed by atoms with Crippen LogP contribution in [0.25, 0.3) is 4.85 Å². The van der Waals surface area contributed by atoms with Crippen LogP contribution < -0.4 is 0 Å². The summed E-state index contributed by atoms with van der Waals surface area (Å²) in [6.45, 7) is 6.55. The Bertz CT molecular complexity index is 425. The van der Waals surface area contributed by atoms with Crippen molar-refractivity contribution in [2.45, 2.75) is 12.6 Å². The number of rotatable bonds is 3. The monoisotopic (exact) mass is 254 g/mol. The minimum atomic E-state index is -4.47. The number of hydrogen-bond acceptors (Lipinski definition) is 2. The molecule has 1 rings (SSSR count). The molecular formula is C8H9F3N2O2S. The normalized spacial score (nSPS) is 17.8. The van der Waals surface area contributed by atoms with Gasteiger partial charge < -0.3 is 0 Å². The van der Waals surface area contributed by atoms with Crippen LogP contribution in [0.3, 0.4) is 0 Å². The summed E-state index contributed by atoms with van der Waals surface area (Å²) in [5, 5.41) is 0. The Labute approximate surface area is 91.2 Å². The van der Waals surface area contributed by atoms with Crippen molar-refractivity contribution in [3.05, 3.63) is 23.2 Å². The van der Waals surface area contributed by atoms with Gasteiger partial charge in [-0.1, -0.05) is 0 Å². The second-order valence-corrected chi connectivity index (χ2v) is 5.45. The van der Waals surface area contributed by atoms with Gasteiger partial charge in [0.15, 0.2) is 6.20 Å². The minimum absolute atomic E-state index is 0.0303. The molecule has 90 valence electrons. The van der Waals surface area contributed by atoms with Gasteiger partial charge in [0, 0.05) is 13.1 Å². The molecule has 1 aliphatic heterocycles. The van der Waals surface area contributed by atoms with E-state index >= 15 is 0 Å². The van der Waals surface area contributed by atoms with E-state index in [1.807, 2.05) is 0 Å². The van der Waals surface area contributed by atoms with E-state index in [0.29, 0.717) is 5.57 Å². The molecule has 0 aromatic carbocycles. The van der Waals surface area contributed by atoms with Crippen LogP contribution in [0.2, 0.25) is 0 Å². The van der Waals surface area contributed by atoms with Gasteiger partial charge in [-0.25, -0.2) is 13.3 Å². The molecule has 1 aliphatic rings. The van der Waals surface area contributed by atoms with Crippen LogP contribution in [-0.4, -0.2) is 37.7 Å².